The van der Waals surface area contributed by atoms with Crippen LogP contribution in [0.3, 0.4) is 0 Å². The van der Waals surface area contributed by atoms with Gasteiger partial charge in [-0.1, -0.05) is 103 Å². The zero-order chi connectivity index (χ0) is 30.5. The second-order valence-electron chi connectivity index (χ2n) is 11.3. The van der Waals surface area contributed by atoms with E-state index in [4.69, 9.17) is 19.4 Å². The summed E-state index contributed by atoms with van der Waals surface area (Å²) in [5, 5.41) is 2.12. The Morgan fingerprint density at radius 3 is 2.04 bits per heavy atom. The molecule has 3 aromatic heterocycles. The van der Waals surface area contributed by atoms with Crippen LogP contribution in [-0.4, -0.2) is 19.5 Å². The molecular weight excluding hydrogens is 564 g/mol. The Kier molecular flexibility index (Phi) is 6.06. The van der Waals surface area contributed by atoms with Crippen molar-refractivity contribution >= 4 is 33.0 Å². The van der Waals surface area contributed by atoms with Crippen LogP contribution in [-0.2, 0) is 0 Å². The van der Waals surface area contributed by atoms with Gasteiger partial charge in [0.05, 0.1) is 22.2 Å². The van der Waals surface area contributed by atoms with Gasteiger partial charge >= 0.3 is 0 Å². The first-order valence-corrected chi connectivity index (χ1v) is 15.3. The Hall–Kier alpha value is -6.33. The molecule has 0 atom stereocenters. The van der Waals surface area contributed by atoms with Crippen LogP contribution in [0.4, 0.5) is 0 Å². The first kappa shape index (κ1) is 26.1. The molecule has 0 radical (unpaired) electrons. The highest BCUT2D eigenvalue weighted by Gasteiger charge is 2.19. The van der Waals surface area contributed by atoms with Gasteiger partial charge in [0.2, 0.25) is 0 Å². The molecule has 0 fully saturated rings. The lowest BCUT2D eigenvalue weighted by atomic mass is 9.95. The van der Waals surface area contributed by atoms with E-state index in [1.54, 1.807) is 0 Å². The lowest BCUT2D eigenvalue weighted by Crippen LogP contribution is -1.99. The van der Waals surface area contributed by atoms with Crippen LogP contribution in [0.1, 0.15) is 0 Å². The van der Waals surface area contributed by atoms with Gasteiger partial charge in [-0.25, -0.2) is 15.0 Å². The van der Waals surface area contributed by atoms with Crippen molar-refractivity contribution in [3.8, 4) is 50.7 Å². The molecule has 0 bridgehead atoms. The van der Waals surface area contributed by atoms with Crippen LogP contribution in [0, 0.1) is 0 Å². The predicted molar refractivity (Wildman–Crippen MR) is 186 cm³/mol. The first-order chi connectivity index (χ1) is 22.8. The van der Waals surface area contributed by atoms with Crippen molar-refractivity contribution in [2.45, 2.75) is 0 Å². The summed E-state index contributed by atoms with van der Waals surface area (Å²) >= 11 is 0. The van der Waals surface area contributed by atoms with E-state index >= 15 is 0 Å². The van der Waals surface area contributed by atoms with E-state index in [0.717, 1.165) is 66.7 Å². The van der Waals surface area contributed by atoms with Gasteiger partial charge in [-0.15, -0.1) is 0 Å². The topological polar surface area (TPSA) is 56.7 Å². The molecule has 216 valence electrons. The van der Waals surface area contributed by atoms with E-state index < -0.39 is 0 Å². The Morgan fingerprint density at radius 2 is 1.20 bits per heavy atom. The summed E-state index contributed by atoms with van der Waals surface area (Å²) < 4.78 is 8.71. The Morgan fingerprint density at radius 1 is 0.522 bits per heavy atom. The summed E-state index contributed by atoms with van der Waals surface area (Å²) in [5.74, 6) is 1.40. The second-order valence-corrected chi connectivity index (χ2v) is 11.3. The molecule has 0 aliphatic carbocycles. The maximum absolute atomic E-state index is 6.55. The molecule has 0 amide bonds. The molecule has 5 heteroatoms. The second kappa shape index (κ2) is 10.7. The maximum atomic E-state index is 6.55. The molecule has 9 aromatic rings. The zero-order valence-electron chi connectivity index (χ0n) is 24.7. The number of rotatable bonds is 5. The number of hydrogen-bond acceptors (Lipinski definition) is 4. The van der Waals surface area contributed by atoms with Gasteiger partial charge in [-0.3, -0.25) is 4.57 Å². The molecule has 0 aliphatic rings. The third-order valence-corrected chi connectivity index (χ3v) is 8.53. The zero-order valence-corrected chi connectivity index (χ0v) is 24.7. The predicted octanol–water partition coefficient (Wildman–Crippen LogP) is 10.4. The third-order valence-electron chi connectivity index (χ3n) is 8.53. The quantitative estimate of drug-likeness (QED) is 0.200. The van der Waals surface area contributed by atoms with Crippen molar-refractivity contribution in [2.24, 2.45) is 0 Å². The van der Waals surface area contributed by atoms with E-state index in [9.17, 15) is 0 Å². The van der Waals surface area contributed by atoms with E-state index in [0.29, 0.717) is 5.82 Å². The molecule has 0 aliphatic heterocycles. The molecular formula is C41H26N4O. The monoisotopic (exact) mass is 590 g/mol. The van der Waals surface area contributed by atoms with Gasteiger partial charge < -0.3 is 4.42 Å². The fraction of sp³-hybridized carbons (Fsp3) is 0. The first-order valence-electron chi connectivity index (χ1n) is 15.3. The molecule has 0 spiro atoms. The van der Waals surface area contributed by atoms with Gasteiger partial charge in [0.25, 0.3) is 0 Å². The molecule has 6 aromatic carbocycles. The smallest absolute Gasteiger partial charge is 0.162 e. The van der Waals surface area contributed by atoms with Crippen molar-refractivity contribution in [3.63, 3.8) is 0 Å². The lowest BCUT2D eigenvalue weighted by molar-refractivity contribution is 0.669. The fourth-order valence-corrected chi connectivity index (χ4v) is 6.40. The van der Waals surface area contributed by atoms with Crippen molar-refractivity contribution in [3.05, 3.63) is 158 Å². The molecule has 9 rings (SSSR count). The summed E-state index contributed by atoms with van der Waals surface area (Å²) in [7, 11) is 0. The molecule has 5 nitrogen and oxygen atoms in total. The van der Waals surface area contributed by atoms with Crippen molar-refractivity contribution in [2.75, 3.05) is 0 Å². The number of aromatic nitrogens is 4. The number of benzene rings is 6. The number of imidazole rings is 1. The Bertz CT molecular complexity index is 2510. The van der Waals surface area contributed by atoms with Gasteiger partial charge in [0.15, 0.2) is 5.82 Å². The van der Waals surface area contributed by atoms with E-state index in [1.165, 1.54) is 11.1 Å². The largest absolute Gasteiger partial charge is 0.455 e. The van der Waals surface area contributed by atoms with Crippen LogP contribution in [0.2, 0.25) is 0 Å². The lowest BCUT2D eigenvalue weighted by Gasteiger charge is -2.09. The number of para-hydroxylation sites is 4. The average molecular weight is 591 g/mol. The Balaban J connectivity index is 1.15. The Labute approximate surface area is 265 Å². The molecule has 0 saturated carbocycles. The van der Waals surface area contributed by atoms with Crippen molar-refractivity contribution in [1.82, 2.24) is 19.5 Å². The third kappa shape index (κ3) is 4.29. The SMILES string of the molecule is c1ccc(-c2cccc(-c3cccc4oc5c(-c6ncc(-c7nc8ccccc8n7-c7ccccc7)cn6)cccc5c34)c2)cc1. The summed E-state index contributed by atoms with van der Waals surface area (Å²) in [6.45, 7) is 0. The minimum Gasteiger partial charge on any atom is -0.455 e. The highest BCUT2D eigenvalue weighted by molar-refractivity contribution is 6.15. The van der Waals surface area contributed by atoms with Crippen molar-refractivity contribution < 1.29 is 4.42 Å². The average Bonchev–Trinajstić information content (AvgIpc) is 3.72. The van der Waals surface area contributed by atoms with E-state index in [2.05, 4.69) is 95.6 Å². The molecule has 3 heterocycles. The normalized spacial score (nSPS) is 11.5. The van der Waals surface area contributed by atoms with Crippen LogP contribution in [0.15, 0.2) is 162 Å². The van der Waals surface area contributed by atoms with Crippen LogP contribution >= 0.6 is 0 Å². The standard InChI is InChI=1S/C41H26N4O/c1-3-12-27(13-4-1)28-14-9-15-29(24-28)32-18-11-23-37-38(32)33-19-10-20-34(39(33)46-37)40-42-25-30(26-43-40)41-44-35-21-7-8-22-36(35)45(41)31-16-5-2-6-17-31/h1-26H. The molecule has 46 heavy (non-hydrogen) atoms. The van der Waals surface area contributed by atoms with Crippen LogP contribution < -0.4 is 0 Å². The number of furan rings is 1. The fourth-order valence-electron chi connectivity index (χ4n) is 6.40. The van der Waals surface area contributed by atoms with Crippen LogP contribution in [0.5, 0.6) is 0 Å². The minimum absolute atomic E-state index is 0.600. The maximum Gasteiger partial charge on any atom is 0.162 e. The van der Waals surface area contributed by atoms with E-state index in [-0.39, 0.29) is 0 Å². The van der Waals surface area contributed by atoms with Gasteiger partial charge in [-0.2, -0.15) is 0 Å². The van der Waals surface area contributed by atoms with Crippen molar-refractivity contribution in [1.29, 1.82) is 0 Å². The van der Waals surface area contributed by atoms with Gasteiger partial charge in [-0.05, 0) is 64.7 Å². The summed E-state index contributed by atoms with van der Waals surface area (Å²) in [6.07, 6.45) is 3.70. The molecule has 0 saturated heterocycles. The number of nitrogens with zero attached hydrogens (tertiary/aromatic N) is 4. The molecule has 0 N–H and O–H groups in total. The summed E-state index contributed by atoms with van der Waals surface area (Å²) in [6, 6.07) is 50.0. The summed E-state index contributed by atoms with van der Waals surface area (Å²) in [5.41, 5.74) is 10.9. The highest BCUT2D eigenvalue weighted by atomic mass is 16.3. The molecule has 0 unspecified atom stereocenters. The van der Waals surface area contributed by atoms with Gasteiger partial charge in [0, 0.05) is 28.9 Å². The minimum atomic E-state index is 0.600. The number of hydrogen-bond donors (Lipinski definition) is 0. The number of fused-ring (bicyclic) bond motifs is 4. The highest BCUT2D eigenvalue weighted by Crippen LogP contribution is 2.40. The van der Waals surface area contributed by atoms with Gasteiger partial charge in [0.1, 0.15) is 17.0 Å². The van der Waals surface area contributed by atoms with Crippen LogP contribution in [0.25, 0.3) is 83.7 Å². The summed E-state index contributed by atoms with van der Waals surface area (Å²) in [4.78, 5) is 14.7. The van der Waals surface area contributed by atoms with E-state index in [1.807, 2.05) is 67.0 Å².